The van der Waals surface area contributed by atoms with E-state index in [0.717, 1.165) is 12.8 Å². The average Bonchev–Trinajstić information content (AvgIpc) is 2.76. The molecule has 0 aromatic heterocycles. The minimum absolute atomic E-state index is 0.197. The van der Waals surface area contributed by atoms with Crippen LogP contribution >= 0.6 is 0 Å². The van der Waals surface area contributed by atoms with E-state index < -0.39 is 0 Å². The zero-order valence-electron chi connectivity index (χ0n) is 7.77. The lowest BCUT2D eigenvalue weighted by atomic mass is 10.2. The second kappa shape index (κ2) is 3.62. The van der Waals surface area contributed by atoms with E-state index >= 15 is 0 Å². The number of nitrogens with zero attached hydrogens (tertiary/aromatic N) is 1. The monoisotopic (exact) mass is 189 g/mol. The Morgan fingerprint density at radius 2 is 1.86 bits per heavy atom. The Bertz CT molecular complexity index is 345. The highest BCUT2D eigenvalue weighted by Crippen LogP contribution is 2.14. The Morgan fingerprint density at radius 3 is 2.43 bits per heavy atom. The second-order valence-electron chi connectivity index (χ2n) is 3.33. The maximum atomic E-state index is 11.2. The molecule has 0 spiro atoms. The first kappa shape index (κ1) is 8.94. The van der Waals surface area contributed by atoms with Crippen molar-refractivity contribution < 1.29 is 9.59 Å². The molecular formula is C11H11NO2. The van der Waals surface area contributed by atoms with Gasteiger partial charge in [-0.1, -0.05) is 23.8 Å². The maximum absolute atomic E-state index is 11.2. The number of allylic oxidation sites excluding steroid dienone is 3. The van der Waals surface area contributed by atoms with Crippen molar-refractivity contribution in [1.29, 1.82) is 0 Å². The van der Waals surface area contributed by atoms with Crippen molar-refractivity contribution in [3.63, 3.8) is 0 Å². The first-order chi connectivity index (χ1) is 6.77. The van der Waals surface area contributed by atoms with Crippen LogP contribution in [0.1, 0.15) is 12.8 Å². The highest BCUT2D eigenvalue weighted by atomic mass is 16.2. The summed E-state index contributed by atoms with van der Waals surface area (Å²) in [6.45, 7) is 0.487. The molecule has 0 aromatic rings. The third kappa shape index (κ3) is 1.66. The molecule has 0 unspecified atom stereocenters. The van der Waals surface area contributed by atoms with E-state index in [1.54, 1.807) is 0 Å². The Hall–Kier alpha value is -1.64. The fraction of sp³-hybridized carbons (Fsp3) is 0.273. The predicted molar refractivity (Wildman–Crippen MR) is 52.3 cm³/mol. The Kier molecular flexibility index (Phi) is 2.31. The first-order valence-electron chi connectivity index (χ1n) is 4.66. The van der Waals surface area contributed by atoms with Crippen LogP contribution in [-0.2, 0) is 9.59 Å². The van der Waals surface area contributed by atoms with E-state index in [-0.39, 0.29) is 11.8 Å². The summed E-state index contributed by atoms with van der Waals surface area (Å²) in [7, 11) is 0. The highest BCUT2D eigenvalue weighted by Gasteiger charge is 2.22. The van der Waals surface area contributed by atoms with Crippen LogP contribution in [0.4, 0.5) is 0 Å². The van der Waals surface area contributed by atoms with E-state index in [9.17, 15) is 9.59 Å². The number of amides is 2. The van der Waals surface area contributed by atoms with Crippen LogP contribution in [0, 0.1) is 0 Å². The zero-order valence-corrected chi connectivity index (χ0v) is 7.77. The van der Waals surface area contributed by atoms with E-state index in [1.807, 2.05) is 6.08 Å². The second-order valence-corrected chi connectivity index (χ2v) is 3.33. The van der Waals surface area contributed by atoms with Crippen molar-refractivity contribution in [2.24, 2.45) is 0 Å². The summed E-state index contributed by atoms with van der Waals surface area (Å²) < 4.78 is 0. The topological polar surface area (TPSA) is 37.4 Å². The summed E-state index contributed by atoms with van der Waals surface area (Å²) in [5.41, 5.74) is 1.21. The van der Waals surface area contributed by atoms with Crippen LogP contribution < -0.4 is 0 Å². The van der Waals surface area contributed by atoms with Gasteiger partial charge in [0.15, 0.2) is 0 Å². The lowest BCUT2D eigenvalue weighted by molar-refractivity contribution is -0.136. The molecule has 0 aromatic carbocycles. The third-order valence-electron chi connectivity index (χ3n) is 2.37. The molecule has 2 aliphatic rings. The standard InChI is InChI=1S/C11H11NO2/c13-10-5-6-11(14)12(10)8-7-9-3-1-2-4-9/h1,3-6H,2,7-8H2. The van der Waals surface area contributed by atoms with Gasteiger partial charge >= 0.3 is 0 Å². The molecule has 0 N–H and O–H groups in total. The molecular weight excluding hydrogens is 178 g/mol. The van der Waals surface area contributed by atoms with Crippen molar-refractivity contribution >= 4 is 11.8 Å². The number of carbonyl (C=O) groups is 2. The van der Waals surface area contributed by atoms with Gasteiger partial charge in [-0.05, 0) is 12.8 Å². The average molecular weight is 189 g/mol. The van der Waals surface area contributed by atoms with Gasteiger partial charge in [0.1, 0.15) is 0 Å². The Balaban J connectivity index is 1.89. The normalized spacial score (nSPS) is 19.7. The SMILES string of the molecule is O=C1C=CC(=O)N1CCC1=CCC=C1. The van der Waals surface area contributed by atoms with Gasteiger partial charge in [-0.3, -0.25) is 14.5 Å². The Labute approximate surface area is 82.4 Å². The van der Waals surface area contributed by atoms with Crippen LogP contribution in [0.5, 0.6) is 0 Å². The summed E-state index contributed by atoms with van der Waals surface area (Å²) in [6.07, 6.45) is 10.6. The number of hydrogen-bond donors (Lipinski definition) is 0. The summed E-state index contributed by atoms with van der Waals surface area (Å²) in [5, 5.41) is 0. The number of hydrogen-bond acceptors (Lipinski definition) is 2. The highest BCUT2D eigenvalue weighted by molar-refractivity contribution is 6.12. The number of rotatable bonds is 3. The minimum atomic E-state index is -0.197. The number of imide groups is 1. The molecule has 2 rings (SSSR count). The molecule has 14 heavy (non-hydrogen) atoms. The van der Waals surface area contributed by atoms with Gasteiger partial charge in [-0.2, -0.15) is 0 Å². The molecule has 3 heteroatoms. The lowest BCUT2D eigenvalue weighted by Gasteiger charge is -2.12. The molecule has 72 valence electrons. The Morgan fingerprint density at radius 1 is 1.14 bits per heavy atom. The molecule has 1 aliphatic heterocycles. The molecule has 0 saturated heterocycles. The zero-order chi connectivity index (χ0) is 9.97. The van der Waals surface area contributed by atoms with Crippen LogP contribution in [0.2, 0.25) is 0 Å². The number of carbonyl (C=O) groups excluding carboxylic acids is 2. The lowest BCUT2D eigenvalue weighted by Crippen LogP contribution is -2.30. The van der Waals surface area contributed by atoms with Crippen molar-refractivity contribution in [3.05, 3.63) is 36.0 Å². The van der Waals surface area contributed by atoms with Crippen LogP contribution in [0.25, 0.3) is 0 Å². The van der Waals surface area contributed by atoms with Crippen molar-refractivity contribution in [2.75, 3.05) is 6.54 Å². The van der Waals surface area contributed by atoms with Crippen LogP contribution in [0.15, 0.2) is 36.0 Å². The van der Waals surface area contributed by atoms with Crippen molar-refractivity contribution in [2.45, 2.75) is 12.8 Å². The van der Waals surface area contributed by atoms with Crippen molar-refractivity contribution in [1.82, 2.24) is 4.90 Å². The third-order valence-corrected chi connectivity index (χ3v) is 2.37. The summed E-state index contributed by atoms with van der Waals surface area (Å²) >= 11 is 0. The molecule has 0 radical (unpaired) electrons. The maximum Gasteiger partial charge on any atom is 0.253 e. The van der Waals surface area contributed by atoms with Crippen molar-refractivity contribution in [3.8, 4) is 0 Å². The molecule has 1 aliphatic carbocycles. The quantitative estimate of drug-likeness (QED) is 0.625. The van der Waals surface area contributed by atoms with Gasteiger partial charge in [0, 0.05) is 18.7 Å². The van der Waals surface area contributed by atoms with Crippen LogP contribution in [-0.4, -0.2) is 23.3 Å². The summed E-state index contributed by atoms with van der Waals surface area (Å²) in [6, 6.07) is 0. The van der Waals surface area contributed by atoms with E-state index in [0.29, 0.717) is 6.54 Å². The summed E-state index contributed by atoms with van der Waals surface area (Å²) in [5.74, 6) is -0.393. The van der Waals surface area contributed by atoms with E-state index in [1.165, 1.54) is 22.6 Å². The first-order valence-corrected chi connectivity index (χ1v) is 4.66. The molecule has 2 amide bonds. The molecule has 0 atom stereocenters. The molecule has 0 fully saturated rings. The minimum Gasteiger partial charge on any atom is -0.275 e. The van der Waals surface area contributed by atoms with Gasteiger partial charge in [-0.15, -0.1) is 0 Å². The summed E-state index contributed by atoms with van der Waals surface area (Å²) in [4.78, 5) is 23.6. The van der Waals surface area contributed by atoms with Gasteiger partial charge in [0.2, 0.25) is 0 Å². The fourth-order valence-electron chi connectivity index (χ4n) is 1.58. The molecule has 3 nitrogen and oxygen atoms in total. The fourth-order valence-corrected chi connectivity index (χ4v) is 1.58. The van der Waals surface area contributed by atoms with Gasteiger partial charge in [0.25, 0.3) is 11.8 Å². The van der Waals surface area contributed by atoms with E-state index in [4.69, 9.17) is 0 Å². The van der Waals surface area contributed by atoms with Gasteiger partial charge in [-0.25, -0.2) is 0 Å². The predicted octanol–water partition coefficient (Wildman–Crippen LogP) is 1.19. The molecule has 0 bridgehead atoms. The smallest absolute Gasteiger partial charge is 0.253 e. The largest absolute Gasteiger partial charge is 0.275 e. The van der Waals surface area contributed by atoms with E-state index in [2.05, 4.69) is 12.2 Å². The van der Waals surface area contributed by atoms with Gasteiger partial charge < -0.3 is 0 Å². The molecule has 1 heterocycles. The van der Waals surface area contributed by atoms with Crippen LogP contribution in [0.3, 0.4) is 0 Å². The molecule has 0 saturated carbocycles. The van der Waals surface area contributed by atoms with Gasteiger partial charge in [0.05, 0.1) is 0 Å².